The van der Waals surface area contributed by atoms with Gasteiger partial charge in [0.1, 0.15) is 0 Å². The molecule has 0 radical (unpaired) electrons. The Kier molecular flexibility index (Phi) is 4.92. The van der Waals surface area contributed by atoms with Crippen LogP contribution in [0.4, 0.5) is 26.3 Å². The van der Waals surface area contributed by atoms with E-state index in [-0.39, 0.29) is 0 Å². The van der Waals surface area contributed by atoms with Crippen LogP contribution >= 0.6 is 11.6 Å². The van der Waals surface area contributed by atoms with Gasteiger partial charge in [0.2, 0.25) is 0 Å². The summed E-state index contributed by atoms with van der Waals surface area (Å²) in [5.41, 5.74) is -3.22. The van der Waals surface area contributed by atoms with Crippen molar-refractivity contribution in [2.45, 2.75) is 24.8 Å². The van der Waals surface area contributed by atoms with Crippen LogP contribution in [-0.4, -0.2) is 22.4 Å². The Hall–Kier alpha value is -1.71. The minimum absolute atomic E-state index is 0.583. The smallest absolute Gasteiger partial charge is 0.481 e. The van der Waals surface area contributed by atoms with Gasteiger partial charge in [-0.3, -0.25) is 4.79 Å². The first-order valence-electron chi connectivity index (χ1n) is 5.07. The average molecular weight is 338 g/mol. The van der Waals surface area contributed by atoms with Crippen LogP contribution in [0.25, 0.3) is 0 Å². The van der Waals surface area contributed by atoms with Crippen molar-refractivity contribution in [2.75, 3.05) is 0 Å². The molecule has 0 atom stereocenters. The van der Waals surface area contributed by atoms with Crippen LogP contribution in [0.1, 0.15) is 17.0 Å². The number of rotatable bonds is 4. The van der Waals surface area contributed by atoms with Crippen LogP contribution in [0.2, 0.25) is 0 Å². The van der Waals surface area contributed by atoms with Gasteiger partial charge in [-0.25, -0.2) is 4.98 Å². The summed E-state index contributed by atoms with van der Waals surface area (Å²) >= 11 is 5.30. The van der Waals surface area contributed by atoms with E-state index in [1.165, 1.54) is 0 Å². The summed E-state index contributed by atoms with van der Waals surface area (Å²) in [7, 11) is 0. The van der Waals surface area contributed by atoms with Crippen molar-refractivity contribution in [2.24, 2.45) is 0 Å². The van der Waals surface area contributed by atoms with Crippen molar-refractivity contribution in [1.82, 2.24) is 4.98 Å². The highest BCUT2D eigenvalue weighted by Gasteiger charge is 2.42. The standard InChI is InChI=1S/C10H6ClF6NO3/c11-3-4-1-5(2-6(19)20)18-8(9(12,13)14)7(4)21-10(15,16)17/h1H,2-3H2,(H,19,20). The second-order valence-electron chi connectivity index (χ2n) is 3.70. The lowest BCUT2D eigenvalue weighted by molar-refractivity contribution is -0.276. The third kappa shape index (κ3) is 4.96. The quantitative estimate of drug-likeness (QED) is 0.676. The number of pyridine rings is 1. The molecule has 0 saturated carbocycles. The van der Waals surface area contributed by atoms with E-state index in [0.717, 1.165) is 6.07 Å². The molecule has 0 amide bonds. The van der Waals surface area contributed by atoms with Crippen molar-refractivity contribution in [3.8, 4) is 5.75 Å². The van der Waals surface area contributed by atoms with E-state index in [4.69, 9.17) is 16.7 Å². The molecule has 0 aliphatic heterocycles. The van der Waals surface area contributed by atoms with Crippen molar-refractivity contribution in [3.05, 3.63) is 23.0 Å². The fraction of sp³-hybridized carbons (Fsp3) is 0.400. The number of nitrogens with zero attached hydrogens (tertiary/aromatic N) is 1. The van der Waals surface area contributed by atoms with E-state index in [9.17, 15) is 31.1 Å². The lowest BCUT2D eigenvalue weighted by Gasteiger charge is -2.18. The molecule has 0 spiro atoms. The van der Waals surface area contributed by atoms with E-state index >= 15 is 0 Å². The molecular formula is C10H6ClF6NO3. The van der Waals surface area contributed by atoms with Crippen molar-refractivity contribution < 1.29 is 41.0 Å². The van der Waals surface area contributed by atoms with Crippen LogP contribution in [-0.2, 0) is 23.3 Å². The lowest BCUT2D eigenvalue weighted by Crippen LogP contribution is -2.23. The first-order chi connectivity index (χ1) is 9.44. The summed E-state index contributed by atoms with van der Waals surface area (Å²) in [5, 5.41) is 8.51. The van der Waals surface area contributed by atoms with Gasteiger partial charge in [-0.05, 0) is 6.07 Å². The van der Waals surface area contributed by atoms with Gasteiger partial charge in [-0.15, -0.1) is 24.8 Å². The fourth-order valence-corrected chi connectivity index (χ4v) is 1.61. The molecule has 1 N–H and O–H groups in total. The minimum Gasteiger partial charge on any atom is -0.481 e. The monoisotopic (exact) mass is 337 g/mol. The Morgan fingerprint density at radius 2 is 1.86 bits per heavy atom. The number of hydrogen-bond donors (Lipinski definition) is 1. The van der Waals surface area contributed by atoms with Gasteiger partial charge in [0.25, 0.3) is 0 Å². The zero-order valence-electron chi connectivity index (χ0n) is 9.85. The topological polar surface area (TPSA) is 59.4 Å². The number of carbonyl (C=O) groups is 1. The Morgan fingerprint density at radius 1 is 1.29 bits per heavy atom. The maximum Gasteiger partial charge on any atom is 0.573 e. The molecular weight excluding hydrogens is 332 g/mol. The molecule has 21 heavy (non-hydrogen) atoms. The highest BCUT2D eigenvalue weighted by Crippen LogP contribution is 2.40. The highest BCUT2D eigenvalue weighted by atomic mass is 35.5. The number of alkyl halides is 7. The molecule has 118 valence electrons. The van der Waals surface area contributed by atoms with E-state index in [2.05, 4.69) is 9.72 Å². The molecule has 1 aromatic heterocycles. The van der Waals surface area contributed by atoms with E-state index < -0.39 is 53.5 Å². The molecule has 0 fully saturated rings. The lowest BCUT2D eigenvalue weighted by atomic mass is 10.1. The van der Waals surface area contributed by atoms with E-state index in [0.29, 0.717) is 0 Å². The molecule has 4 nitrogen and oxygen atoms in total. The van der Waals surface area contributed by atoms with Crippen molar-refractivity contribution in [1.29, 1.82) is 0 Å². The van der Waals surface area contributed by atoms with Crippen LogP contribution in [0.5, 0.6) is 5.75 Å². The van der Waals surface area contributed by atoms with E-state index in [1.807, 2.05) is 0 Å². The molecule has 0 aromatic carbocycles. The predicted octanol–water partition coefficient (Wildman–Crippen LogP) is 3.36. The zero-order chi connectivity index (χ0) is 16.4. The van der Waals surface area contributed by atoms with Gasteiger partial charge >= 0.3 is 18.5 Å². The van der Waals surface area contributed by atoms with E-state index in [1.54, 1.807) is 0 Å². The number of carboxylic acid groups (broad SMARTS) is 1. The Labute approximate surface area is 118 Å². The summed E-state index contributed by atoms with van der Waals surface area (Å²) in [5.74, 6) is -3.83. The second kappa shape index (κ2) is 5.96. The first-order valence-corrected chi connectivity index (χ1v) is 5.61. The van der Waals surface area contributed by atoms with Gasteiger partial charge < -0.3 is 9.84 Å². The van der Waals surface area contributed by atoms with Crippen molar-refractivity contribution >= 4 is 17.6 Å². The molecule has 0 aliphatic rings. The van der Waals surface area contributed by atoms with Gasteiger partial charge in [0, 0.05) is 5.56 Å². The molecule has 0 aliphatic carbocycles. The highest BCUT2D eigenvalue weighted by molar-refractivity contribution is 6.17. The van der Waals surface area contributed by atoms with Crippen LogP contribution in [0.3, 0.4) is 0 Å². The molecule has 1 rings (SSSR count). The summed E-state index contributed by atoms with van der Waals surface area (Å²) < 4.78 is 78.1. The predicted molar refractivity (Wildman–Crippen MR) is 56.8 cm³/mol. The summed E-state index contributed by atoms with van der Waals surface area (Å²) in [6.07, 6.45) is -11.5. The number of aliphatic carboxylic acids is 1. The second-order valence-corrected chi connectivity index (χ2v) is 3.97. The van der Waals surface area contributed by atoms with Gasteiger partial charge in [-0.1, -0.05) is 0 Å². The SMILES string of the molecule is O=C(O)Cc1cc(CCl)c(OC(F)(F)F)c(C(F)(F)F)n1. The normalized spacial score (nSPS) is 12.3. The maximum atomic E-state index is 12.8. The molecule has 1 aromatic rings. The Balaban J connectivity index is 3.48. The third-order valence-corrected chi connectivity index (χ3v) is 2.35. The summed E-state index contributed by atoms with van der Waals surface area (Å²) in [4.78, 5) is 13.4. The molecule has 1 heterocycles. The molecule has 0 saturated heterocycles. The summed E-state index contributed by atoms with van der Waals surface area (Å²) in [6.45, 7) is 0. The Bertz CT molecular complexity index is 543. The van der Waals surface area contributed by atoms with Crippen molar-refractivity contribution in [3.63, 3.8) is 0 Å². The largest absolute Gasteiger partial charge is 0.573 e. The molecule has 0 unspecified atom stereocenters. The number of ether oxygens (including phenoxy) is 1. The van der Waals surface area contributed by atoms with Gasteiger partial charge in [0.05, 0.1) is 18.0 Å². The van der Waals surface area contributed by atoms with Crippen LogP contribution in [0.15, 0.2) is 6.07 Å². The number of aromatic nitrogens is 1. The summed E-state index contributed by atoms with van der Waals surface area (Å²) in [6, 6.07) is 0.720. The zero-order valence-corrected chi connectivity index (χ0v) is 10.6. The van der Waals surface area contributed by atoms with Gasteiger partial charge in [0.15, 0.2) is 11.4 Å². The minimum atomic E-state index is -5.38. The van der Waals surface area contributed by atoms with Crippen LogP contribution < -0.4 is 4.74 Å². The third-order valence-electron chi connectivity index (χ3n) is 2.07. The number of hydrogen-bond acceptors (Lipinski definition) is 3. The number of carboxylic acids is 1. The number of halogens is 7. The fourth-order valence-electron chi connectivity index (χ4n) is 1.41. The Morgan fingerprint density at radius 3 is 2.24 bits per heavy atom. The van der Waals surface area contributed by atoms with Crippen LogP contribution in [0, 0.1) is 0 Å². The van der Waals surface area contributed by atoms with Gasteiger partial charge in [-0.2, -0.15) is 13.2 Å². The molecule has 0 bridgehead atoms. The average Bonchev–Trinajstić information content (AvgIpc) is 2.26. The first kappa shape index (κ1) is 17.3. The maximum absolute atomic E-state index is 12.8. The molecule has 11 heteroatoms.